The normalized spacial score (nSPS) is 11.4. The first-order valence-electron chi connectivity index (χ1n) is 11.9. The van der Waals surface area contributed by atoms with E-state index < -0.39 is 0 Å². The first kappa shape index (κ1) is 22.5. The molecule has 5 aromatic rings. The molecule has 35 heavy (non-hydrogen) atoms. The molecular weight excluding hydrogens is 436 g/mol. The van der Waals surface area contributed by atoms with Crippen molar-refractivity contribution >= 4 is 34.0 Å². The maximum absolute atomic E-state index is 6.18. The van der Waals surface area contributed by atoms with Gasteiger partial charge in [0.1, 0.15) is 6.61 Å². The monoisotopic (exact) mass is 464 g/mol. The van der Waals surface area contributed by atoms with E-state index in [-0.39, 0.29) is 0 Å². The second-order valence-electron chi connectivity index (χ2n) is 8.10. The van der Waals surface area contributed by atoms with Crippen LogP contribution in [0.5, 0.6) is 11.5 Å². The van der Waals surface area contributed by atoms with Crippen LogP contribution in [0.2, 0.25) is 0 Å². The fraction of sp³-hybridized carbons (Fsp3) is 0.172. The van der Waals surface area contributed by atoms with E-state index >= 15 is 0 Å². The zero-order valence-electron chi connectivity index (χ0n) is 19.9. The van der Waals surface area contributed by atoms with Crippen LogP contribution in [-0.2, 0) is 13.2 Å². The van der Waals surface area contributed by atoms with E-state index in [2.05, 4.69) is 69.5 Å². The van der Waals surface area contributed by atoms with Gasteiger partial charge in [-0.15, -0.1) is 0 Å². The molecule has 0 saturated carbocycles. The van der Waals surface area contributed by atoms with Crippen LogP contribution in [0, 0.1) is 0 Å². The van der Waals surface area contributed by atoms with E-state index in [1.54, 1.807) is 6.21 Å². The molecule has 0 aliphatic heterocycles. The average molecular weight is 465 g/mol. The van der Waals surface area contributed by atoms with E-state index in [0.29, 0.717) is 30.7 Å². The van der Waals surface area contributed by atoms with Gasteiger partial charge < -0.3 is 14.0 Å². The Hall–Kier alpha value is -4.32. The van der Waals surface area contributed by atoms with Crippen LogP contribution >= 0.6 is 0 Å². The first-order valence-corrected chi connectivity index (χ1v) is 11.9. The number of aromatic nitrogens is 2. The van der Waals surface area contributed by atoms with Crippen molar-refractivity contribution in [1.29, 1.82) is 0 Å². The third-order valence-electron chi connectivity index (χ3n) is 5.88. The molecule has 5 rings (SSSR count). The largest absolute Gasteiger partial charge is 0.490 e. The van der Waals surface area contributed by atoms with Gasteiger partial charge in [0, 0.05) is 6.54 Å². The van der Waals surface area contributed by atoms with Gasteiger partial charge in [0.2, 0.25) is 5.95 Å². The molecule has 0 spiro atoms. The minimum atomic E-state index is 0.462. The molecule has 0 aliphatic rings. The van der Waals surface area contributed by atoms with Crippen molar-refractivity contribution in [2.24, 2.45) is 5.10 Å². The molecule has 6 nitrogen and oxygen atoms in total. The van der Waals surface area contributed by atoms with E-state index in [9.17, 15) is 0 Å². The highest BCUT2D eigenvalue weighted by molar-refractivity contribution is 5.85. The van der Waals surface area contributed by atoms with Gasteiger partial charge in [0.05, 0.1) is 23.9 Å². The second kappa shape index (κ2) is 10.3. The molecule has 1 heterocycles. The lowest BCUT2D eigenvalue weighted by molar-refractivity contribution is 0.270. The van der Waals surface area contributed by atoms with Crippen LogP contribution in [0.4, 0.5) is 5.95 Å². The number of nitrogens with one attached hydrogen (secondary N) is 1. The number of hydrogen-bond acceptors (Lipinski definition) is 5. The van der Waals surface area contributed by atoms with Gasteiger partial charge in [-0.3, -0.25) is 0 Å². The predicted molar refractivity (Wildman–Crippen MR) is 143 cm³/mol. The molecule has 0 unspecified atom stereocenters. The maximum atomic E-state index is 6.18. The van der Waals surface area contributed by atoms with Gasteiger partial charge in [-0.05, 0) is 66.1 Å². The van der Waals surface area contributed by atoms with Crippen molar-refractivity contribution in [2.75, 3.05) is 12.0 Å². The second-order valence-corrected chi connectivity index (χ2v) is 8.10. The summed E-state index contributed by atoms with van der Waals surface area (Å²) in [6, 6.07) is 28.5. The van der Waals surface area contributed by atoms with Crippen LogP contribution in [-0.4, -0.2) is 22.4 Å². The Labute approximate surface area is 204 Å². The highest BCUT2D eigenvalue weighted by atomic mass is 16.5. The number of benzene rings is 4. The summed E-state index contributed by atoms with van der Waals surface area (Å²) < 4.78 is 14.1. The van der Waals surface area contributed by atoms with Crippen LogP contribution in [0.25, 0.3) is 21.8 Å². The molecule has 0 fully saturated rings. The molecule has 176 valence electrons. The summed E-state index contributed by atoms with van der Waals surface area (Å²) in [4.78, 5) is 4.64. The minimum Gasteiger partial charge on any atom is -0.490 e. The number of hydrazone groups is 1. The Morgan fingerprint density at radius 1 is 0.886 bits per heavy atom. The molecule has 1 aromatic heterocycles. The molecule has 1 N–H and O–H groups in total. The van der Waals surface area contributed by atoms with Crippen LogP contribution in [0.15, 0.2) is 90.0 Å². The van der Waals surface area contributed by atoms with Crippen molar-refractivity contribution in [3.05, 3.63) is 96.1 Å². The summed E-state index contributed by atoms with van der Waals surface area (Å²) in [5.74, 6) is 2.11. The number of nitrogens with zero attached hydrogens (tertiary/aromatic N) is 3. The molecule has 0 bridgehead atoms. The first-order chi connectivity index (χ1) is 17.3. The van der Waals surface area contributed by atoms with Crippen molar-refractivity contribution in [3.63, 3.8) is 0 Å². The zero-order valence-corrected chi connectivity index (χ0v) is 19.9. The molecule has 0 saturated heterocycles. The maximum Gasteiger partial charge on any atom is 0.224 e. The van der Waals surface area contributed by atoms with Gasteiger partial charge >= 0.3 is 0 Å². The highest BCUT2D eigenvalue weighted by Crippen LogP contribution is 2.30. The van der Waals surface area contributed by atoms with Crippen molar-refractivity contribution < 1.29 is 9.47 Å². The molecule has 0 atom stereocenters. The summed E-state index contributed by atoms with van der Waals surface area (Å²) in [6.07, 6.45) is 1.76. The van der Waals surface area contributed by atoms with Crippen LogP contribution < -0.4 is 14.9 Å². The number of rotatable bonds is 9. The Morgan fingerprint density at radius 2 is 1.71 bits per heavy atom. The summed E-state index contributed by atoms with van der Waals surface area (Å²) in [6.45, 7) is 5.86. The Morgan fingerprint density at radius 3 is 2.60 bits per heavy atom. The number of hydrogen-bond donors (Lipinski definition) is 1. The molecule has 0 amide bonds. The van der Waals surface area contributed by atoms with E-state index in [4.69, 9.17) is 9.47 Å². The van der Waals surface area contributed by atoms with Crippen LogP contribution in [0.1, 0.15) is 25.0 Å². The van der Waals surface area contributed by atoms with Crippen LogP contribution in [0.3, 0.4) is 0 Å². The lowest BCUT2D eigenvalue weighted by Crippen LogP contribution is -2.02. The molecular formula is C29H28N4O2. The standard InChI is InChI=1S/C29H28N4O2/c1-3-33-26-15-8-7-14-25(26)31-29(33)32-30-19-21-16-17-27(28(18-21)34-4-2)35-20-23-12-9-11-22-10-5-6-13-24(22)23/h5-19H,3-4,20H2,1-2H3,(H,31,32)/b30-19-. The fourth-order valence-electron chi connectivity index (χ4n) is 4.21. The smallest absolute Gasteiger partial charge is 0.224 e. The third-order valence-corrected chi connectivity index (χ3v) is 5.88. The molecule has 4 aromatic carbocycles. The van der Waals surface area contributed by atoms with Gasteiger partial charge in [0.25, 0.3) is 0 Å². The summed E-state index contributed by atoms with van der Waals surface area (Å²) in [7, 11) is 0. The Balaban J connectivity index is 1.32. The van der Waals surface area contributed by atoms with E-state index in [1.165, 1.54) is 10.8 Å². The molecule has 0 radical (unpaired) electrons. The van der Waals surface area contributed by atoms with Gasteiger partial charge in [-0.2, -0.15) is 5.10 Å². The Bertz CT molecular complexity index is 1480. The Kier molecular flexibility index (Phi) is 6.61. The molecule has 6 heteroatoms. The van der Waals surface area contributed by atoms with Crippen molar-refractivity contribution in [1.82, 2.24) is 9.55 Å². The minimum absolute atomic E-state index is 0.462. The number of anilines is 1. The van der Waals surface area contributed by atoms with Crippen molar-refractivity contribution in [2.45, 2.75) is 27.0 Å². The lowest BCUT2D eigenvalue weighted by Gasteiger charge is -2.13. The zero-order chi connectivity index (χ0) is 24.0. The number of aryl methyl sites for hydroxylation is 1. The van der Waals surface area contributed by atoms with Crippen molar-refractivity contribution in [3.8, 4) is 11.5 Å². The highest BCUT2D eigenvalue weighted by Gasteiger charge is 2.09. The number of ether oxygens (including phenoxy) is 2. The third kappa shape index (κ3) is 4.82. The number of para-hydroxylation sites is 2. The SMILES string of the molecule is CCOc1cc(/C=N\Nc2nc3ccccc3n2CC)ccc1OCc1cccc2ccccc12. The number of imidazole rings is 1. The lowest BCUT2D eigenvalue weighted by atomic mass is 10.1. The van der Waals surface area contributed by atoms with Gasteiger partial charge in [-0.25, -0.2) is 10.4 Å². The predicted octanol–water partition coefficient (Wildman–Crippen LogP) is 6.63. The fourth-order valence-corrected chi connectivity index (χ4v) is 4.21. The summed E-state index contributed by atoms with van der Waals surface area (Å²) in [5.41, 5.74) is 7.15. The van der Waals surface area contributed by atoms with E-state index in [0.717, 1.165) is 28.7 Å². The summed E-state index contributed by atoms with van der Waals surface area (Å²) in [5, 5.41) is 6.82. The number of fused-ring (bicyclic) bond motifs is 2. The van der Waals surface area contributed by atoms with Gasteiger partial charge in [-0.1, -0.05) is 54.6 Å². The van der Waals surface area contributed by atoms with Gasteiger partial charge in [0.15, 0.2) is 11.5 Å². The topological polar surface area (TPSA) is 60.7 Å². The molecule has 0 aliphatic carbocycles. The van der Waals surface area contributed by atoms with E-state index in [1.807, 2.05) is 49.4 Å². The quantitative estimate of drug-likeness (QED) is 0.196. The summed E-state index contributed by atoms with van der Waals surface area (Å²) >= 11 is 0. The average Bonchev–Trinajstić information content (AvgIpc) is 3.25.